The first-order valence-corrected chi connectivity index (χ1v) is 7.95. The van der Waals surface area contributed by atoms with Gasteiger partial charge < -0.3 is 5.32 Å². The largest absolute Gasteiger partial charge is 0.326 e. The Hall–Kier alpha value is -1.65. The molecule has 1 aliphatic carbocycles. The van der Waals surface area contributed by atoms with Gasteiger partial charge in [-0.3, -0.25) is 4.79 Å². The molecule has 0 spiro atoms. The fraction of sp³-hybridized carbons (Fsp3) is 0.312. The molecular formula is C16H15Cl2N3O. The second-order valence-corrected chi connectivity index (χ2v) is 6.10. The SMILES string of the molecule is O=C(Nc1ccccc1CCc1nc(Cl)ncc1Cl)C1CC1. The van der Waals surface area contributed by atoms with Gasteiger partial charge in [0.1, 0.15) is 0 Å². The zero-order chi connectivity index (χ0) is 15.5. The van der Waals surface area contributed by atoms with Gasteiger partial charge in [-0.2, -0.15) is 0 Å². The van der Waals surface area contributed by atoms with Crippen LogP contribution in [0, 0.1) is 5.92 Å². The zero-order valence-electron chi connectivity index (χ0n) is 11.9. The molecule has 0 bridgehead atoms. The monoisotopic (exact) mass is 335 g/mol. The van der Waals surface area contributed by atoms with Gasteiger partial charge in [-0.15, -0.1) is 0 Å². The molecule has 0 radical (unpaired) electrons. The first kappa shape index (κ1) is 15.3. The number of amides is 1. The van der Waals surface area contributed by atoms with E-state index in [0.29, 0.717) is 23.6 Å². The van der Waals surface area contributed by atoms with E-state index in [-0.39, 0.29) is 17.1 Å². The summed E-state index contributed by atoms with van der Waals surface area (Å²) in [5, 5.41) is 3.70. The summed E-state index contributed by atoms with van der Waals surface area (Å²) in [7, 11) is 0. The van der Waals surface area contributed by atoms with Gasteiger partial charge in [0.2, 0.25) is 11.2 Å². The zero-order valence-corrected chi connectivity index (χ0v) is 13.4. The maximum Gasteiger partial charge on any atom is 0.227 e. The van der Waals surface area contributed by atoms with Gasteiger partial charge in [-0.1, -0.05) is 29.8 Å². The van der Waals surface area contributed by atoms with Gasteiger partial charge in [-0.25, -0.2) is 9.97 Å². The van der Waals surface area contributed by atoms with Crippen LogP contribution in [0.1, 0.15) is 24.1 Å². The van der Waals surface area contributed by atoms with Crippen LogP contribution in [0.15, 0.2) is 30.5 Å². The average Bonchev–Trinajstić information content (AvgIpc) is 3.34. The van der Waals surface area contributed by atoms with Gasteiger partial charge in [-0.05, 0) is 48.9 Å². The van der Waals surface area contributed by atoms with Crippen molar-refractivity contribution in [2.24, 2.45) is 5.92 Å². The number of hydrogen-bond donors (Lipinski definition) is 1. The molecular weight excluding hydrogens is 321 g/mol. The van der Waals surface area contributed by atoms with Gasteiger partial charge in [0, 0.05) is 11.6 Å². The average molecular weight is 336 g/mol. The van der Waals surface area contributed by atoms with E-state index in [1.165, 1.54) is 6.20 Å². The van der Waals surface area contributed by atoms with Crippen molar-refractivity contribution in [1.82, 2.24) is 9.97 Å². The number of carbonyl (C=O) groups is 1. The molecule has 22 heavy (non-hydrogen) atoms. The molecule has 1 N–H and O–H groups in total. The quantitative estimate of drug-likeness (QED) is 0.842. The third kappa shape index (κ3) is 3.76. The van der Waals surface area contributed by atoms with E-state index < -0.39 is 0 Å². The van der Waals surface area contributed by atoms with Crippen LogP contribution in [-0.2, 0) is 17.6 Å². The predicted octanol–water partition coefficient (Wildman–Crippen LogP) is 3.92. The summed E-state index contributed by atoms with van der Waals surface area (Å²) >= 11 is 11.9. The van der Waals surface area contributed by atoms with Gasteiger partial charge in [0.15, 0.2) is 0 Å². The highest BCUT2D eigenvalue weighted by molar-refractivity contribution is 6.31. The van der Waals surface area contributed by atoms with Gasteiger partial charge >= 0.3 is 0 Å². The number of nitrogens with one attached hydrogen (secondary N) is 1. The van der Waals surface area contributed by atoms with Gasteiger partial charge in [0.25, 0.3) is 0 Å². The van der Waals surface area contributed by atoms with E-state index in [1.807, 2.05) is 24.3 Å². The molecule has 0 atom stereocenters. The molecule has 1 aromatic carbocycles. The lowest BCUT2D eigenvalue weighted by Gasteiger charge is -2.11. The van der Waals surface area contributed by atoms with Crippen molar-refractivity contribution >= 4 is 34.8 Å². The van der Waals surface area contributed by atoms with E-state index in [1.54, 1.807) is 0 Å². The summed E-state index contributed by atoms with van der Waals surface area (Å²) in [4.78, 5) is 19.9. The summed E-state index contributed by atoms with van der Waals surface area (Å²) in [6.45, 7) is 0. The molecule has 3 rings (SSSR count). The predicted molar refractivity (Wildman–Crippen MR) is 87.3 cm³/mol. The Bertz CT molecular complexity index is 702. The van der Waals surface area contributed by atoms with Crippen molar-refractivity contribution in [1.29, 1.82) is 0 Å². The molecule has 2 aromatic rings. The van der Waals surface area contributed by atoms with Crippen molar-refractivity contribution in [3.05, 3.63) is 52.0 Å². The van der Waals surface area contributed by atoms with E-state index in [2.05, 4.69) is 15.3 Å². The number of hydrogen-bond acceptors (Lipinski definition) is 3. The van der Waals surface area contributed by atoms with Crippen LogP contribution >= 0.6 is 23.2 Å². The van der Waals surface area contributed by atoms with E-state index in [9.17, 15) is 4.79 Å². The number of aryl methyl sites for hydroxylation is 2. The van der Waals surface area contributed by atoms with E-state index in [0.717, 1.165) is 24.1 Å². The summed E-state index contributed by atoms with van der Waals surface area (Å²) < 4.78 is 0. The Morgan fingerprint density at radius 2 is 2.00 bits per heavy atom. The van der Waals surface area contributed by atoms with Crippen molar-refractivity contribution in [3.63, 3.8) is 0 Å². The number of para-hydroxylation sites is 1. The van der Waals surface area contributed by atoms with Crippen molar-refractivity contribution in [2.45, 2.75) is 25.7 Å². The Balaban J connectivity index is 1.71. The molecule has 1 aliphatic rings. The Labute approximate surface area is 138 Å². The Morgan fingerprint density at radius 1 is 1.23 bits per heavy atom. The molecule has 1 fully saturated rings. The molecule has 114 valence electrons. The Kier molecular flexibility index (Phi) is 4.60. The maximum atomic E-state index is 11.9. The highest BCUT2D eigenvalue weighted by atomic mass is 35.5. The fourth-order valence-corrected chi connectivity index (χ4v) is 2.58. The highest BCUT2D eigenvalue weighted by Crippen LogP contribution is 2.31. The number of carbonyl (C=O) groups excluding carboxylic acids is 1. The molecule has 0 aliphatic heterocycles. The normalized spacial score (nSPS) is 13.9. The number of benzene rings is 1. The van der Waals surface area contributed by atoms with Crippen LogP contribution in [0.5, 0.6) is 0 Å². The maximum absolute atomic E-state index is 11.9. The lowest BCUT2D eigenvalue weighted by atomic mass is 10.1. The third-order valence-electron chi connectivity index (χ3n) is 3.64. The molecule has 1 heterocycles. The van der Waals surface area contributed by atoms with Crippen molar-refractivity contribution in [2.75, 3.05) is 5.32 Å². The van der Waals surface area contributed by atoms with Crippen molar-refractivity contribution < 1.29 is 4.79 Å². The minimum absolute atomic E-state index is 0.107. The summed E-state index contributed by atoms with van der Waals surface area (Å²) in [5.41, 5.74) is 2.63. The van der Waals surface area contributed by atoms with Crippen LogP contribution < -0.4 is 5.32 Å². The second kappa shape index (κ2) is 6.63. The first-order chi connectivity index (χ1) is 10.6. The molecule has 1 amide bonds. The third-order valence-corrected chi connectivity index (χ3v) is 4.14. The summed E-state index contributed by atoms with van der Waals surface area (Å²) in [6, 6.07) is 7.79. The molecule has 4 nitrogen and oxygen atoms in total. The van der Waals surface area contributed by atoms with Crippen LogP contribution in [0.4, 0.5) is 5.69 Å². The smallest absolute Gasteiger partial charge is 0.227 e. The molecule has 6 heteroatoms. The minimum Gasteiger partial charge on any atom is -0.326 e. The number of anilines is 1. The lowest BCUT2D eigenvalue weighted by molar-refractivity contribution is -0.117. The molecule has 1 aromatic heterocycles. The van der Waals surface area contributed by atoms with Crippen LogP contribution in [0.25, 0.3) is 0 Å². The fourth-order valence-electron chi connectivity index (χ4n) is 2.25. The second-order valence-electron chi connectivity index (χ2n) is 5.35. The van der Waals surface area contributed by atoms with E-state index in [4.69, 9.17) is 23.2 Å². The standard InChI is InChI=1S/C16H15Cl2N3O/c17-12-9-19-16(18)21-14(12)8-7-10-3-1-2-4-13(10)20-15(22)11-5-6-11/h1-4,9,11H,5-8H2,(H,20,22). The molecule has 0 unspecified atom stereocenters. The minimum atomic E-state index is 0.107. The van der Waals surface area contributed by atoms with Crippen LogP contribution in [0.2, 0.25) is 10.3 Å². The van der Waals surface area contributed by atoms with Crippen LogP contribution in [0.3, 0.4) is 0 Å². The molecule has 0 saturated heterocycles. The molecule has 1 saturated carbocycles. The number of nitrogens with zero attached hydrogens (tertiary/aromatic N) is 2. The summed E-state index contributed by atoms with van der Waals surface area (Å²) in [6.07, 6.45) is 4.84. The number of halogens is 2. The first-order valence-electron chi connectivity index (χ1n) is 7.19. The van der Waals surface area contributed by atoms with Crippen LogP contribution in [-0.4, -0.2) is 15.9 Å². The number of aromatic nitrogens is 2. The van der Waals surface area contributed by atoms with E-state index >= 15 is 0 Å². The number of rotatable bonds is 5. The topological polar surface area (TPSA) is 54.9 Å². The summed E-state index contributed by atoms with van der Waals surface area (Å²) in [5.74, 6) is 0.290. The highest BCUT2D eigenvalue weighted by Gasteiger charge is 2.29. The Morgan fingerprint density at radius 3 is 2.77 bits per heavy atom. The van der Waals surface area contributed by atoms with Crippen molar-refractivity contribution in [3.8, 4) is 0 Å². The lowest BCUT2D eigenvalue weighted by Crippen LogP contribution is -2.14. The van der Waals surface area contributed by atoms with Gasteiger partial charge in [0.05, 0.1) is 16.9 Å².